The number of ether oxygens (including phenoxy) is 1. The number of rotatable bonds is 2. The van der Waals surface area contributed by atoms with Crippen LogP contribution < -0.4 is 0 Å². The van der Waals surface area contributed by atoms with Gasteiger partial charge in [-0.25, -0.2) is 0 Å². The molecule has 3 nitrogen and oxygen atoms in total. The van der Waals surface area contributed by atoms with E-state index < -0.39 is 0 Å². The molecule has 0 saturated carbocycles. The maximum Gasteiger partial charge on any atom is 0.0988 e. The summed E-state index contributed by atoms with van der Waals surface area (Å²) in [6.07, 6.45) is 1.83. The van der Waals surface area contributed by atoms with E-state index in [1.807, 2.05) is 18.3 Å². The van der Waals surface area contributed by atoms with Crippen molar-refractivity contribution >= 4 is 21.6 Å². The highest BCUT2D eigenvalue weighted by atomic mass is 79.9. The molecule has 0 aliphatic carbocycles. The Balaban J connectivity index is 1.99. The molecule has 0 aromatic carbocycles. The first kappa shape index (κ1) is 8.56. The van der Waals surface area contributed by atoms with Gasteiger partial charge in [0, 0.05) is 10.7 Å². The summed E-state index contributed by atoms with van der Waals surface area (Å²) in [4.78, 5) is 8.71. The Morgan fingerprint density at radius 1 is 1.36 bits per heavy atom. The Morgan fingerprint density at radius 3 is 2.57 bits per heavy atom. The van der Waals surface area contributed by atoms with Crippen molar-refractivity contribution < 1.29 is 4.74 Å². The third-order valence-electron chi connectivity index (χ3n) is 2.78. The summed E-state index contributed by atoms with van der Waals surface area (Å²) < 4.78 is 6.30. The predicted octanol–water partition coefficient (Wildman–Crippen LogP) is 1.57. The van der Waals surface area contributed by atoms with Crippen LogP contribution in [0.25, 0.3) is 0 Å². The number of hydrogen-bond donors (Lipinski definition) is 0. The third-order valence-corrected chi connectivity index (χ3v) is 3.25. The lowest BCUT2D eigenvalue weighted by Crippen LogP contribution is -2.51. The summed E-state index contributed by atoms with van der Waals surface area (Å²) in [6, 6.07) is 4.07. The van der Waals surface area contributed by atoms with Crippen molar-refractivity contribution in [2.24, 2.45) is 4.99 Å². The van der Waals surface area contributed by atoms with Crippen LogP contribution in [0.3, 0.4) is 0 Å². The van der Waals surface area contributed by atoms with E-state index >= 15 is 0 Å². The molecule has 0 spiro atoms. The lowest BCUT2D eigenvalue weighted by molar-refractivity contribution is -0.0239. The fourth-order valence-corrected chi connectivity index (χ4v) is 2.00. The Labute approximate surface area is 90.3 Å². The van der Waals surface area contributed by atoms with Gasteiger partial charge in [-0.15, -0.1) is 0 Å². The standard InChI is InChI=1S/C10H9BrN2O/c11-7-1-2-8(12-3-7)10(5-14-6-10)9-4-13-9/h1-3H,4-6H2. The number of aromatic nitrogens is 1. The van der Waals surface area contributed by atoms with Crippen LogP contribution in [-0.4, -0.2) is 30.5 Å². The molecule has 4 heteroatoms. The molecule has 3 heterocycles. The van der Waals surface area contributed by atoms with Gasteiger partial charge in [0.2, 0.25) is 0 Å². The predicted molar refractivity (Wildman–Crippen MR) is 56.7 cm³/mol. The molecule has 1 saturated heterocycles. The van der Waals surface area contributed by atoms with Gasteiger partial charge >= 0.3 is 0 Å². The molecule has 1 aromatic rings. The van der Waals surface area contributed by atoms with Crippen molar-refractivity contribution in [3.63, 3.8) is 0 Å². The van der Waals surface area contributed by atoms with Gasteiger partial charge in [0.25, 0.3) is 0 Å². The van der Waals surface area contributed by atoms with E-state index in [-0.39, 0.29) is 5.41 Å². The summed E-state index contributed by atoms with van der Waals surface area (Å²) in [6.45, 7) is 2.36. The van der Waals surface area contributed by atoms with Crippen LogP contribution in [0.4, 0.5) is 0 Å². The van der Waals surface area contributed by atoms with Gasteiger partial charge in [0.05, 0.1) is 36.6 Å². The summed E-state index contributed by atoms with van der Waals surface area (Å²) >= 11 is 3.38. The monoisotopic (exact) mass is 252 g/mol. The highest BCUT2D eigenvalue weighted by Crippen LogP contribution is 2.36. The average Bonchev–Trinajstić information content (AvgIpc) is 2.90. The summed E-state index contributed by atoms with van der Waals surface area (Å²) in [7, 11) is 0. The van der Waals surface area contributed by atoms with E-state index in [0.717, 1.165) is 29.9 Å². The SMILES string of the molecule is Brc1ccc(C2(C3=NC3)COC2)nc1. The lowest BCUT2D eigenvalue weighted by Gasteiger charge is -2.38. The van der Waals surface area contributed by atoms with Crippen LogP contribution in [0.1, 0.15) is 5.69 Å². The highest BCUT2D eigenvalue weighted by Gasteiger charge is 2.49. The molecular weight excluding hydrogens is 244 g/mol. The number of pyridine rings is 1. The van der Waals surface area contributed by atoms with Crippen LogP contribution >= 0.6 is 15.9 Å². The van der Waals surface area contributed by atoms with Crippen molar-refractivity contribution in [1.82, 2.24) is 4.98 Å². The van der Waals surface area contributed by atoms with Gasteiger partial charge in [-0.1, -0.05) is 0 Å². The van der Waals surface area contributed by atoms with Crippen molar-refractivity contribution in [2.45, 2.75) is 5.41 Å². The maximum atomic E-state index is 5.29. The second kappa shape index (κ2) is 2.87. The van der Waals surface area contributed by atoms with E-state index in [1.165, 1.54) is 5.71 Å². The quantitative estimate of drug-likeness (QED) is 0.801. The minimum absolute atomic E-state index is 0.0146. The molecule has 0 N–H and O–H groups in total. The van der Waals surface area contributed by atoms with Gasteiger partial charge in [0.1, 0.15) is 0 Å². The summed E-state index contributed by atoms with van der Waals surface area (Å²) in [5.74, 6) is 0. The fraction of sp³-hybridized carbons (Fsp3) is 0.400. The molecule has 72 valence electrons. The summed E-state index contributed by atoms with van der Waals surface area (Å²) in [5, 5.41) is 0. The molecule has 2 aliphatic rings. The zero-order valence-electron chi connectivity index (χ0n) is 7.53. The van der Waals surface area contributed by atoms with Gasteiger partial charge in [-0.2, -0.15) is 0 Å². The van der Waals surface area contributed by atoms with Crippen LogP contribution in [-0.2, 0) is 10.2 Å². The smallest absolute Gasteiger partial charge is 0.0988 e. The number of hydrogen-bond acceptors (Lipinski definition) is 3. The molecule has 0 atom stereocenters. The number of halogens is 1. The molecular formula is C10H9BrN2O. The second-order valence-electron chi connectivity index (χ2n) is 3.70. The van der Waals surface area contributed by atoms with Gasteiger partial charge in [-0.3, -0.25) is 9.98 Å². The van der Waals surface area contributed by atoms with Crippen LogP contribution in [0, 0.1) is 0 Å². The van der Waals surface area contributed by atoms with Gasteiger partial charge in [0.15, 0.2) is 0 Å². The normalized spacial score (nSPS) is 22.5. The third kappa shape index (κ3) is 1.14. The Kier molecular flexibility index (Phi) is 1.76. The Bertz CT molecular complexity index is 395. The van der Waals surface area contributed by atoms with Crippen molar-refractivity contribution in [3.8, 4) is 0 Å². The van der Waals surface area contributed by atoms with Crippen molar-refractivity contribution in [2.75, 3.05) is 19.8 Å². The van der Waals surface area contributed by atoms with Gasteiger partial charge in [-0.05, 0) is 28.1 Å². The minimum atomic E-state index is 0.0146. The molecule has 1 fully saturated rings. The molecule has 0 bridgehead atoms. The van der Waals surface area contributed by atoms with Crippen LogP contribution in [0.5, 0.6) is 0 Å². The lowest BCUT2D eigenvalue weighted by atomic mass is 9.79. The van der Waals surface area contributed by atoms with Crippen LogP contribution in [0.2, 0.25) is 0 Å². The zero-order valence-corrected chi connectivity index (χ0v) is 9.12. The maximum absolute atomic E-state index is 5.29. The molecule has 0 radical (unpaired) electrons. The molecule has 1 aromatic heterocycles. The molecule has 2 aliphatic heterocycles. The van der Waals surface area contributed by atoms with E-state index in [4.69, 9.17) is 4.74 Å². The first-order chi connectivity index (χ1) is 6.81. The van der Waals surface area contributed by atoms with Crippen molar-refractivity contribution in [3.05, 3.63) is 28.5 Å². The Hall–Kier alpha value is -0.740. The average molecular weight is 253 g/mol. The topological polar surface area (TPSA) is 34.5 Å². The Morgan fingerprint density at radius 2 is 2.14 bits per heavy atom. The van der Waals surface area contributed by atoms with Gasteiger partial charge < -0.3 is 4.74 Å². The van der Waals surface area contributed by atoms with E-state index in [0.29, 0.717) is 0 Å². The molecule has 0 unspecified atom stereocenters. The van der Waals surface area contributed by atoms with Crippen LogP contribution in [0.15, 0.2) is 27.8 Å². The first-order valence-corrected chi connectivity index (χ1v) is 5.34. The summed E-state index contributed by atoms with van der Waals surface area (Å²) in [5.41, 5.74) is 2.35. The highest BCUT2D eigenvalue weighted by molar-refractivity contribution is 9.10. The minimum Gasteiger partial charge on any atom is -0.378 e. The van der Waals surface area contributed by atoms with Crippen molar-refractivity contribution in [1.29, 1.82) is 0 Å². The first-order valence-electron chi connectivity index (χ1n) is 4.55. The molecule has 14 heavy (non-hydrogen) atoms. The molecule has 0 amide bonds. The van der Waals surface area contributed by atoms with E-state index in [1.54, 1.807) is 0 Å². The number of nitrogens with zero attached hydrogens (tertiary/aromatic N) is 2. The molecule has 3 rings (SSSR count). The van der Waals surface area contributed by atoms with E-state index in [2.05, 4.69) is 25.9 Å². The second-order valence-corrected chi connectivity index (χ2v) is 4.62. The van der Waals surface area contributed by atoms with E-state index in [9.17, 15) is 0 Å². The zero-order chi connectivity index (χ0) is 9.60. The number of aliphatic imine (C=N–C) groups is 1. The largest absolute Gasteiger partial charge is 0.378 e. The fourth-order valence-electron chi connectivity index (χ4n) is 1.77.